The predicted molar refractivity (Wildman–Crippen MR) is 283 cm³/mol. The van der Waals surface area contributed by atoms with E-state index in [1.165, 1.54) is 218 Å². The molecule has 0 heterocycles. The van der Waals surface area contributed by atoms with Crippen LogP contribution in [0.15, 0.2) is 0 Å². The highest BCUT2D eigenvalue weighted by atomic mass is 16.5. The van der Waals surface area contributed by atoms with Crippen molar-refractivity contribution in [2.75, 3.05) is 45.9 Å². The van der Waals surface area contributed by atoms with Gasteiger partial charge in [-0.05, 0) is 82.7 Å². The Labute approximate surface area is 407 Å². The van der Waals surface area contributed by atoms with Gasteiger partial charge in [0.05, 0.1) is 13.2 Å². The molecule has 1 fully saturated rings. The van der Waals surface area contributed by atoms with Gasteiger partial charge in [0, 0.05) is 44.9 Å². The number of hydrogen-bond acceptors (Lipinski definition) is 6. The van der Waals surface area contributed by atoms with Crippen LogP contribution in [0.3, 0.4) is 0 Å². The second-order valence-corrected chi connectivity index (χ2v) is 21.2. The number of rotatable bonds is 53. The molecule has 0 aromatic carbocycles. The molecule has 1 rings (SSSR count). The fourth-order valence-electron chi connectivity index (χ4n) is 10.3. The minimum atomic E-state index is 0.0128. The summed E-state index contributed by atoms with van der Waals surface area (Å²) in [5.41, 5.74) is 0. The van der Waals surface area contributed by atoms with Crippen LogP contribution in [0.25, 0.3) is 0 Å². The maximum Gasteiger partial charge on any atom is 0.305 e. The third-order valence-electron chi connectivity index (χ3n) is 15.1. The van der Waals surface area contributed by atoms with E-state index in [-0.39, 0.29) is 12.6 Å². The number of esters is 1. The van der Waals surface area contributed by atoms with Gasteiger partial charge < -0.3 is 14.7 Å². The van der Waals surface area contributed by atoms with Crippen molar-refractivity contribution in [2.45, 2.75) is 310 Å². The highest BCUT2D eigenvalue weighted by Crippen LogP contribution is 2.26. The minimum absolute atomic E-state index is 0.0128. The summed E-state index contributed by atoms with van der Waals surface area (Å²) in [6, 6.07) is 0.657. The van der Waals surface area contributed by atoms with Gasteiger partial charge in [-0.3, -0.25) is 14.5 Å². The Bertz CT molecular complexity index is 939. The molecule has 2 atom stereocenters. The number of nitrogens with zero attached hydrogens (tertiary/aromatic N) is 2. The van der Waals surface area contributed by atoms with Crippen LogP contribution in [0.4, 0.5) is 0 Å². The van der Waals surface area contributed by atoms with Crippen LogP contribution < -0.4 is 0 Å². The highest BCUT2D eigenvalue weighted by molar-refractivity contribution is 5.78. The summed E-state index contributed by atoms with van der Waals surface area (Å²) in [7, 11) is 0. The zero-order chi connectivity index (χ0) is 47.1. The molecule has 0 spiro atoms. The first kappa shape index (κ1) is 62.0. The number of aliphatic hydroxyl groups excluding tert-OH is 1. The molecule has 2 unspecified atom stereocenters. The molecule has 1 aliphatic rings. The molecular formula is C59H116N2O4. The van der Waals surface area contributed by atoms with Crippen molar-refractivity contribution in [2.24, 2.45) is 11.8 Å². The topological polar surface area (TPSA) is 70.1 Å². The summed E-state index contributed by atoms with van der Waals surface area (Å²) in [5.74, 6) is 1.80. The van der Waals surface area contributed by atoms with E-state index in [2.05, 4.69) is 37.5 Å². The fourth-order valence-corrected chi connectivity index (χ4v) is 10.3. The molecule has 0 aromatic heterocycles. The Morgan fingerprint density at radius 2 is 0.862 bits per heavy atom. The van der Waals surface area contributed by atoms with Crippen molar-refractivity contribution in [3.63, 3.8) is 0 Å². The standard InChI is InChI=1S/C59H116N2O4/c1-5-9-13-17-19-21-23-31-39-55(38-29-15-11-7-3)46-47-58(63)44-33-25-27-35-48-60(50-51-61(52-53-62)57-42-37-43-57)49-36-28-26-34-45-59(64)65-54-56(40-30-16-12-8-4)41-32-24-22-20-18-14-10-6-2/h55-57,62H,5-54H2,1-4H3. The first-order valence-corrected chi connectivity index (χ1v) is 29.7. The molecule has 0 aliphatic heterocycles. The van der Waals surface area contributed by atoms with E-state index in [0.29, 0.717) is 30.8 Å². The molecule has 0 amide bonds. The lowest BCUT2D eigenvalue weighted by Crippen LogP contribution is -2.45. The van der Waals surface area contributed by atoms with Crippen molar-refractivity contribution in [1.82, 2.24) is 9.80 Å². The number of carbonyl (C=O) groups excluding carboxylic acids is 2. The fraction of sp³-hybridized carbons (Fsp3) is 0.966. The molecule has 6 nitrogen and oxygen atoms in total. The molecule has 65 heavy (non-hydrogen) atoms. The normalized spacial score (nSPS) is 14.1. The Morgan fingerprint density at radius 3 is 1.32 bits per heavy atom. The van der Waals surface area contributed by atoms with E-state index in [4.69, 9.17) is 4.74 Å². The average molecular weight is 918 g/mol. The van der Waals surface area contributed by atoms with E-state index in [0.717, 1.165) is 90.0 Å². The molecule has 386 valence electrons. The third kappa shape index (κ3) is 39.6. The van der Waals surface area contributed by atoms with Crippen LogP contribution in [-0.2, 0) is 14.3 Å². The summed E-state index contributed by atoms with van der Waals surface area (Å²) in [6.07, 6.45) is 53.5. The monoisotopic (exact) mass is 917 g/mol. The zero-order valence-corrected chi connectivity index (χ0v) is 44.7. The van der Waals surface area contributed by atoms with Crippen LogP contribution in [0, 0.1) is 11.8 Å². The van der Waals surface area contributed by atoms with Gasteiger partial charge in [0.25, 0.3) is 0 Å². The van der Waals surface area contributed by atoms with Gasteiger partial charge in [-0.25, -0.2) is 0 Å². The first-order valence-electron chi connectivity index (χ1n) is 29.7. The second-order valence-electron chi connectivity index (χ2n) is 21.2. The molecule has 0 radical (unpaired) electrons. The van der Waals surface area contributed by atoms with Gasteiger partial charge in [-0.15, -0.1) is 0 Å². The van der Waals surface area contributed by atoms with Crippen LogP contribution in [0.5, 0.6) is 0 Å². The molecule has 1 aliphatic carbocycles. The van der Waals surface area contributed by atoms with Gasteiger partial charge in [0.15, 0.2) is 0 Å². The van der Waals surface area contributed by atoms with Crippen molar-refractivity contribution in [3.05, 3.63) is 0 Å². The summed E-state index contributed by atoms with van der Waals surface area (Å²) >= 11 is 0. The van der Waals surface area contributed by atoms with E-state index >= 15 is 0 Å². The number of unbranched alkanes of at least 4 members (excludes halogenated alkanes) is 26. The third-order valence-corrected chi connectivity index (χ3v) is 15.1. The largest absolute Gasteiger partial charge is 0.465 e. The lowest BCUT2D eigenvalue weighted by molar-refractivity contribution is -0.145. The molecule has 0 aromatic rings. The van der Waals surface area contributed by atoms with E-state index in [1.807, 2.05) is 0 Å². The molecule has 1 saturated carbocycles. The van der Waals surface area contributed by atoms with Crippen LogP contribution in [0.1, 0.15) is 304 Å². The maximum absolute atomic E-state index is 13.0. The quantitative estimate of drug-likeness (QED) is 0.0484. The Kier molecular flexibility index (Phi) is 45.9. The SMILES string of the molecule is CCCCCCCCCCC(CCCCCC)CCC(=O)CCCCCCN(CCCCCCC(=O)OCC(CCCCCC)CCCCCCCCCC)CCN(CCO)C1CCC1. The number of Topliss-reactive ketones (excluding diaryl/α,β-unsaturated/α-hetero) is 1. The van der Waals surface area contributed by atoms with Gasteiger partial charge in [-0.2, -0.15) is 0 Å². The van der Waals surface area contributed by atoms with Gasteiger partial charge in [0.1, 0.15) is 5.78 Å². The predicted octanol–water partition coefficient (Wildman–Crippen LogP) is 17.2. The average Bonchev–Trinajstić information content (AvgIpc) is 3.29. The molecule has 0 bridgehead atoms. The molecule has 6 heteroatoms. The van der Waals surface area contributed by atoms with Crippen molar-refractivity contribution < 1.29 is 19.4 Å². The maximum atomic E-state index is 13.0. The minimum Gasteiger partial charge on any atom is -0.465 e. The van der Waals surface area contributed by atoms with E-state index in [9.17, 15) is 14.7 Å². The highest BCUT2D eigenvalue weighted by Gasteiger charge is 2.24. The summed E-state index contributed by atoms with van der Waals surface area (Å²) < 4.78 is 5.90. The zero-order valence-electron chi connectivity index (χ0n) is 44.7. The smallest absolute Gasteiger partial charge is 0.305 e. The number of aliphatic hydroxyl groups is 1. The molecule has 1 N–H and O–H groups in total. The number of carbonyl (C=O) groups is 2. The summed E-state index contributed by atoms with van der Waals surface area (Å²) in [4.78, 5) is 31.0. The number of hydrogen-bond donors (Lipinski definition) is 1. The number of ether oxygens (including phenoxy) is 1. The molecule has 0 saturated heterocycles. The Balaban J connectivity index is 2.42. The lowest BCUT2D eigenvalue weighted by atomic mass is 9.89. The van der Waals surface area contributed by atoms with Crippen molar-refractivity contribution in [3.8, 4) is 0 Å². The summed E-state index contributed by atoms with van der Waals surface area (Å²) in [5, 5.41) is 9.77. The van der Waals surface area contributed by atoms with Crippen LogP contribution in [-0.4, -0.2) is 78.6 Å². The summed E-state index contributed by atoms with van der Waals surface area (Å²) in [6.45, 7) is 15.2. The molecular weight excluding hydrogens is 801 g/mol. The van der Waals surface area contributed by atoms with Gasteiger partial charge >= 0.3 is 5.97 Å². The lowest BCUT2D eigenvalue weighted by Gasteiger charge is -2.38. The first-order chi connectivity index (χ1) is 32.0. The second kappa shape index (κ2) is 48.1. The van der Waals surface area contributed by atoms with Gasteiger partial charge in [0.2, 0.25) is 0 Å². The Hall–Kier alpha value is -0.980. The van der Waals surface area contributed by atoms with E-state index in [1.54, 1.807) is 0 Å². The van der Waals surface area contributed by atoms with Crippen molar-refractivity contribution in [1.29, 1.82) is 0 Å². The van der Waals surface area contributed by atoms with Crippen LogP contribution in [0.2, 0.25) is 0 Å². The van der Waals surface area contributed by atoms with E-state index < -0.39 is 0 Å². The van der Waals surface area contributed by atoms with Crippen molar-refractivity contribution >= 4 is 11.8 Å². The van der Waals surface area contributed by atoms with Gasteiger partial charge in [-0.1, -0.05) is 227 Å². The van der Waals surface area contributed by atoms with Crippen LogP contribution >= 0.6 is 0 Å². The Morgan fingerprint density at radius 1 is 0.446 bits per heavy atom. The number of ketones is 1.